The van der Waals surface area contributed by atoms with E-state index in [2.05, 4.69) is 5.32 Å². The third kappa shape index (κ3) is 3.23. The van der Waals surface area contributed by atoms with Crippen molar-refractivity contribution in [3.05, 3.63) is 69.0 Å². The molecule has 0 radical (unpaired) electrons. The van der Waals surface area contributed by atoms with Crippen LogP contribution in [0.5, 0.6) is 0 Å². The molecule has 0 spiro atoms. The first kappa shape index (κ1) is 16.3. The van der Waals surface area contributed by atoms with Gasteiger partial charge >= 0.3 is 0 Å². The topological polar surface area (TPSA) is 29.1 Å². The quantitative estimate of drug-likeness (QED) is 0.596. The minimum absolute atomic E-state index is 0.0412. The largest absolute Gasteiger partial charge is 0.345 e. The van der Waals surface area contributed by atoms with Crippen LogP contribution in [0.25, 0.3) is 10.1 Å². The zero-order valence-corrected chi connectivity index (χ0v) is 14.8. The van der Waals surface area contributed by atoms with Gasteiger partial charge in [-0.25, -0.2) is 0 Å². The summed E-state index contributed by atoms with van der Waals surface area (Å²) in [6.45, 7) is 2.04. The Labute approximate surface area is 149 Å². The van der Waals surface area contributed by atoms with Crippen molar-refractivity contribution in [3.63, 3.8) is 0 Å². The molecule has 0 aliphatic rings. The van der Waals surface area contributed by atoms with Crippen LogP contribution < -0.4 is 5.32 Å². The standard InChI is InChI=1S/C18H15Cl2NOS/c1-2-13(11-7-4-3-5-8-11)21-18(22)17-16(20)15-12(19)9-6-10-14(15)23-17/h3-10,13H,2H2,1H3,(H,21,22)/t13-/m1/s1. The molecule has 2 nitrogen and oxygen atoms in total. The van der Waals surface area contributed by atoms with Gasteiger partial charge in [0.1, 0.15) is 4.88 Å². The van der Waals surface area contributed by atoms with Crippen molar-refractivity contribution in [2.75, 3.05) is 0 Å². The molecule has 5 heteroatoms. The van der Waals surface area contributed by atoms with E-state index >= 15 is 0 Å². The van der Waals surface area contributed by atoms with Crippen molar-refractivity contribution in [2.45, 2.75) is 19.4 Å². The van der Waals surface area contributed by atoms with Gasteiger partial charge in [0.25, 0.3) is 5.91 Å². The molecule has 0 aliphatic heterocycles. The molecule has 1 atom stereocenters. The fraction of sp³-hybridized carbons (Fsp3) is 0.167. The number of nitrogens with one attached hydrogen (secondary N) is 1. The molecular formula is C18H15Cl2NOS. The second kappa shape index (κ2) is 6.91. The summed E-state index contributed by atoms with van der Waals surface area (Å²) in [5.74, 6) is -0.164. The summed E-state index contributed by atoms with van der Waals surface area (Å²) >= 11 is 14.0. The van der Waals surface area contributed by atoms with Gasteiger partial charge in [0.15, 0.2) is 0 Å². The number of benzene rings is 2. The Morgan fingerprint density at radius 3 is 2.52 bits per heavy atom. The third-order valence-electron chi connectivity index (χ3n) is 3.73. The highest BCUT2D eigenvalue weighted by Crippen LogP contribution is 2.39. The van der Waals surface area contributed by atoms with Gasteiger partial charge in [-0.05, 0) is 24.1 Å². The molecule has 0 fully saturated rings. The Morgan fingerprint density at radius 1 is 1.13 bits per heavy atom. The van der Waals surface area contributed by atoms with Crippen LogP contribution in [0.3, 0.4) is 0 Å². The fourth-order valence-electron chi connectivity index (χ4n) is 2.55. The van der Waals surface area contributed by atoms with Gasteiger partial charge in [0.2, 0.25) is 0 Å². The summed E-state index contributed by atoms with van der Waals surface area (Å²) in [4.78, 5) is 13.2. The van der Waals surface area contributed by atoms with Crippen molar-refractivity contribution < 1.29 is 4.79 Å². The SMILES string of the molecule is CC[C@@H](NC(=O)c1sc2cccc(Cl)c2c1Cl)c1ccccc1. The number of rotatable bonds is 4. The first-order chi connectivity index (χ1) is 11.1. The third-order valence-corrected chi connectivity index (χ3v) is 5.69. The van der Waals surface area contributed by atoms with E-state index < -0.39 is 0 Å². The Kier molecular flexibility index (Phi) is 4.90. The molecule has 3 aromatic rings. The van der Waals surface area contributed by atoms with Crippen LogP contribution >= 0.6 is 34.5 Å². The molecule has 0 bridgehead atoms. The number of carbonyl (C=O) groups excluding carboxylic acids is 1. The monoisotopic (exact) mass is 363 g/mol. The van der Waals surface area contributed by atoms with Crippen molar-refractivity contribution in [1.82, 2.24) is 5.32 Å². The molecule has 0 saturated heterocycles. The van der Waals surface area contributed by atoms with Crippen LogP contribution in [0.4, 0.5) is 0 Å². The number of hydrogen-bond donors (Lipinski definition) is 1. The summed E-state index contributed by atoms with van der Waals surface area (Å²) in [5.41, 5.74) is 1.08. The lowest BCUT2D eigenvalue weighted by atomic mass is 10.0. The van der Waals surface area contributed by atoms with Crippen LogP contribution in [0.1, 0.15) is 34.6 Å². The Morgan fingerprint density at radius 2 is 1.87 bits per heavy atom. The van der Waals surface area contributed by atoms with E-state index in [1.165, 1.54) is 11.3 Å². The highest BCUT2D eigenvalue weighted by molar-refractivity contribution is 7.21. The number of hydrogen-bond acceptors (Lipinski definition) is 2. The number of amides is 1. The number of fused-ring (bicyclic) bond motifs is 1. The lowest BCUT2D eigenvalue weighted by Crippen LogP contribution is -2.27. The highest BCUT2D eigenvalue weighted by Gasteiger charge is 2.21. The zero-order chi connectivity index (χ0) is 16.4. The minimum atomic E-state index is -0.164. The normalized spacial score (nSPS) is 12.3. The maximum atomic E-state index is 12.7. The van der Waals surface area contributed by atoms with Gasteiger partial charge in [0.05, 0.1) is 16.1 Å². The highest BCUT2D eigenvalue weighted by atomic mass is 35.5. The van der Waals surface area contributed by atoms with Crippen molar-refractivity contribution in [2.24, 2.45) is 0 Å². The predicted octanol–water partition coefficient (Wildman–Crippen LogP) is 6.09. The molecule has 0 unspecified atom stereocenters. The molecule has 23 heavy (non-hydrogen) atoms. The Bertz CT molecular complexity index is 845. The van der Waals surface area contributed by atoms with E-state index in [9.17, 15) is 4.79 Å². The van der Waals surface area contributed by atoms with E-state index in [1.54, 1.807) is 6.07 Å². The summed E-state index contributed by atoms with van der Waals surface area (Å²) in [6.07, 6.45) is 0.805. The van der Waals surface area contributed by atoms with Crippen molar-refractivity contribution >= 4 is 50.5 Å². The molecule has 1 N–H and O–H groups in total. The van der Waals surface area contributed by atoms with Gasteiger partial charge in [-0.15, -0.1) is 11.3 Å². The average molecular weight is 364 g/mol. The second-order valence-corrected chi connectivity index (χ2v) is 7.04. The maximum absolute atomic E-state index is 12.7. The van der Waals surface area contributed by atoms with Gasteiger partial charge < -0.3 is 5.32 Å². The molecule has 118 valence electrons. The minimum Gasteiger partial charge on any atom is -0.345 e. The summed E-state index contributed by atoms with van der Waals surface area (Å²) in [6, 6.07) is 15.4. The first-order valence-electron chi connectivity index (χ1n) is 7.34. The van der Waals surface area contributed by atoms with E-state index in [0.29, 0.717) is 14.9 Å². The average Bonchev–Trinajstić information content (AvgIpc) is 2.91. The number of carbonyl (C=O) groups is 1. The lowest BCUT2D eigenvalue weighted by Gasteiger charge is -2.17. The van der Waals surface area contributed by atoms with E-state index in [0.717, 1.165) is 22.1 Å². The van der Waals surface area contributed by atoms with Gasteiger partial charge in [0, 0.05) is 10.1 Å². The van der Waals surface area contributed by atoms with Crippen LogP contribution in [-0.2, 0) is 0 Å². The van der Waals surface area contributed by atoms with E-state index in [-0.39, 0.29) is 11.9 Å². The molecule has 1 heterocycles. The molecule has 1 aromatic heterocycles. The summed E-state index contributed by atoms with van der Waals surface area (Å²) < 4.78 is 0.917. The number of thiophene rings is 1. The van der Waals surface area contributed by atoms with Crippen LogP contribution in [0, 0.1) is 0 Å². The molecule has 2 aromatic carbocycles. The van der Waals surface area contributed by atoms with Crippen LogP contribution in [-0.4, -0.2) is 5.91 Å². The zero-order valence-electron chi connectivity index (χ0n) is 12.5. The molecule has 1 amide bonds. The van der Waals surface area contributed by atoms with Crippen molar-refractivity contribution in [3.8, 4) is 0 Å². The van der Waals surface area contributed by atoms with Crippen molar-refractivity contribution in [1.29, 1.82) is 0 Å². The number of halogens is 2. The molecular weight excluding hydrogens is 349 g/mol. The van der Waals surface area contributed by atoms with Gasteiger partial charge in [-0.1, -0.05) is 66.5 Å². The molecule has 3 rings (SSSR count). The van der Waals surface area contributed by atoms with Gasteiger partial charge in [-0.3, -0.25) is 4.79 Å². The Hall–Kier alpha value is -1.55. The smallest absolute Gasteiger partial charge is 0.263 e. The fourth-order valence-corrected chi connectivity index (χ4v) is 4.41. The van der Waals surface area contributed by atoms with Gasteiger partial charge in [-0.2, -0.15) is 0 Å². The summed E-state index contributed by atoms with van der Waals surface area (Å²) in [5, 5.41) is 4.81. The predicted molar refractivity (Wildman–Crippen MR) is 98.8 cm³/mol. The first-order valence-corrected chi connectivity index (χ1v) is 8.91. The molecule has 0 saturated carbocycles. The van der Waals surface area contributed by atoms with Crippen LogP contribution in [0.2, 0.25) is 10.0 Å². The Balaban J connectivity index is 1.91. The van der Waals surface area contributed by atoms with Crippen LogP contribution in [0.15, 0.2) is 48.5 Å². The maximum Gasteiger partial charge on any atom is 0.263 e. The molecule has 0 aliphatic carbocycles. The van der Waals surface area contributed by atoms with E-state index in [4.69, 9.17) is 23.2 Å². The lowest BCUT2D eigenvalue weighted by molar-refractivity contribution is 0.0940. The second-order valence-electron chi connectivity index (χ2n) is 5.20. The summed E-state index contributed by atoms with van der Waals surface area (Å²) in [7, 11) is 0. The van der Waals surface area contributed by atoms with E-state index in [1.807, 2.05) is 49.4 Å².